The molecule has 120 valence electrons. The third-order valence-electron chi connectivity index (χ3n) is 4.05. The fraction of sp³-hybridized carbons (Fsp3) is 0.316. The summed E-state index contributed by atoms with van der Waals surface area (Å²) in [5.41, 5.74) is 2.32. The first-order valence-corrected chi connectivity index (χ1v) is 8.08. The van der Waals surface area contributed by atoms with E-state index in [9.17, 15) is 4.79 Å². The summed E-state index contributed by atoms with van der Waals surface area (Å²) in [5.74, 6) is 0.669. The Morgan fingerprint density at radius 3 is 2.74 bits per heavy atom. The van der Waals surface area contributed by atoms with Gasteiger partial charge >= 0.3 is 0 Å². The predicted octanol–water partition coefficient (Wildman–Crippen LogP) is 4.68. The van der Waals surface area contributed by atoms with Gasteiger partial charge in [0.25, 0.3) is 5.91 Å². The number of benzene rings is 2. The van der Waals surface area contributed by atoms with Gasteiger partial charge in [0.15, 0.2) is 0 Å². The highest BCUT2D eigenvalue weighted by molar-refractivity contribution is 6.33. The fourth-order valence-corrected chi connectivity index (χ4v) is 3.21. The van der Waals surface area contributed by atoms with Gasteiger partial charge in [0, 0.05) is 12.0 Å². The van der Waals surface area contributed by atoms with Gasteiger partial charge in [0.05, 0.1) is 16.6 Å². The molecule has 1 amide bonds. The minimum absolute atomic E-state index is 0.0996. The van der Waals surface area contributed by atoms with E-state index in [1.807, 2.05) is 45.0 Å². The number of halogens is 1. The summed E-state index contributed by atoms with van der Waals surface area (Å²) in [6.07, 6.45) is 0.708. The molecule has 23 heavy (non-hydrogen) atoms. The van der Waals surface area contributed by atoms with Gasteiger partial charge in [-0.1, -0.05) is 41.4 Å². The molecule has 0 radical (unpaired) electrons. The summed E-state index contributed by atoms with van der Waals surface area (Å²) in [5, 5.41) is 3.57. The largest absolute Gasteiger partial charge is 0.487 e. The third-order valence-corrected chi connectivity index (χ3v) is 4.38. The van der Waals surface area contributed by atoms with Crippen LogP contribution in [-0.2, 0) is 0 Å². The molecular weight excluding hydrogens is 310 g/mol. The van der Waals surface area contributed by atoms with E-state index >= 15 is 0 Å². The molecule has 2 aromatic rings. The van der Waals surface area contributed by atoms with Crippen LogP contribution < -0.4 is 10.1 Å². The van der Waals surface area contributed by atoms with Crippen molar-refractivity contribution in [2.75, 3.05) is 0 Å². The summed E-state index contributed by atoms with van der Waals surface area (Å²) in [4.78, 5) is 12.6. The molecule has 0 aliphatic carbocycles. The average Bonchev–Trinajstić information content (AvgIpc) is 2.47. The first-order chi connectivity index (χ1) is 10.9. The van der Waals surface area contributed by atoms with Gasteiger partial charge in [-0.05, 0) is 39.0 Å². The number of ether oxygens (including phenoxy) is 1. The molecule has 2 aromatic carbocycles. The lowest BCUT2D eigenvalue weighted by Gasteiger charge is -2.38. The van der Waals surface area contributed by atoms with Crippen molar-refractivity contribution in [2.24, 2.45) is 0 Å². The van der Waals surface area contributed by atoms with Crippen LogP contribution in [0.3, 0.4) is 0 Å². The number of amides is 1. The molecule has 0 bridgehead atoms. The molecule has 1 atom stereocenters. The SMILES string of the molecule is Cc1ccc2c(c1)[C@H](NC(=O)c1ccccc1Cl)CC(C)(C)O2. The second-order valence-corrected chi connectivity index (χ2v) is 7.02. The summed E-state index contributed by atoms with van der Waals surface area (Å²) in [6, 6.07) is 13.1. The lowest BCUT2D eigenvalue weighted by atomic mass is 9.88. The molecule has 3 nitrogen and oxygen atoms in total. The number of hydrogen-bond acceptors (Lipinski definition) is 2. The second kappa shape index (κ2) is 5.89. The topological polar surface area (TPSA) is 38.3 Å². The molecule has 0 unspecified atom stereocenters. The van der Waals surface area contributed by atoms with Gasteiger partial charge in [-0.15, -0.1) is 0 Å². The number of aryl methyl sites for hydroxylation is 1. The summed E-state index contributed by atoms with van der Waals surface area (Å²) < 4.78 is 6.04. The van der Waals surface area contributed by atoms with E-state index in [1.54, 1.807) is 12.1 Å². The van der Waals surface area contributed by atoms with Crippen molar-refractivity contribution >= 4 is 17.5 Å². The van der Waals surface area contributed by atoms with Crippen LogP contribution in [0.5, 0.6) is 5.75 Å². The van der Waals surface area contributed by atoms with Crippen LogP contribution in [0.1, 0.15) is 47.8 Å². The van der Waals surface area contributed by atoms with E-state index in [0.29, 0.717) is 17.0 Å². The van der Waals surface area contributed by atoms with Crippen LogP contribution in [-0.4, -0.2) is 11.5 Å². The van der Waals surface area contributed by atoms with Crippen molar-refractivity contribution in [3.8, 4) is 5.75 Å². The number of carbonyl (C=O) groups is 1. The molecular formula is C19H20ClNO2. The molecule has 0 saturated carbocycles. The highest BCUT2D eigenvalue weighted by Crippen LogP contribution is 2.40. The molecule has 1 aliphatic rings. The van der Waals surface area contributed by atoms with Crippen LogP contribution in [0.2, 0.25) is 5.02 Å². The van der Waals surface area contributed by atoms with Crippen LogP contribution >= 0.6 is 11.6 Å². The zero-order valence-electron chi connectivity index (χ0n) is 13.5. The number of rotatable bonds is 2. The Labute approximate surface area is 141 Å². The highest BCUT2D eigenvalue weighted by Gasteiger charge is 2.34. The van der Waals surface area contributed by atoms with Gasteiger partial charge in [0.1, 0.15) is 11.4 Å². The first-order valence-electron chi connectivity index (χ1n) is 7.71. The molecule has 1 aliphatic heterocycles. The summed E-state index contributed by atoms with van der Waals surface area (Å²) in [6.45, 7) is 6.10. The molecule has 1 heterocycles. The smallest absolute Gasteiger partial charge is 0.253 e. The average molecular weight is 330 g/mol. The minimum Gasteiger partial charge on any atom is -0.487 e. The van der Waals surface area contributed by atoms with Crippen molar-refractivity contribution in [1.29, 1.82) is 0 Å². The van der Waals surface area contributed by atoms with Gasteiger partial charge in [-0.3, -0.25) is 4.79 Å². The maximum Gasteiger partial charge on any atom is 0.253 e. The Kier molecular flexibility index (Phi) is 4.07. The van der Waals surface area contributed by atoms with E-state index < -0.39 is 0 Å². The van der Waals surface area contributed by atoms with Crippen LogP contribution in [0, 0.1) is 6.92 Å². The Balaban J connectivity index is 1.92. The van der Waals surface area contributed by atoms with E-state index in [1.165, 1.54) is 0 Å². The van der Waals surface area contributed by atoms with E-state index in [-0.39, 0.29) is 17.6 Å². The summed E-state index contributed by atoms with van der Waals surface area (Å²) in [7, 11) is 0. The molecule has 3 rings (SSSR count). The van der Waals surface area contributed by atoms with Crippen molar-refractivity contribution in [2.45, 2.75) is 38.8 Å². The van der Waals surface area contributed by atoms with Crippen molar-refractivity contribution < 1.29 is 9.53 Å². The molecule has 0 saturated heterocycles. The third kappa shape index (κ3) is 3.35. The maximum absolute atomic E-state index is 12.6. The monoisotopic (exact) mass is 329 g/mol. The lowest BCUT2D eigenvalue weighted by molar-refractivity contribution is 0.0619. The fourth-order valence-electron chi connectivity index (χ4n) is 2.98. The van der Waals surface area contributed by atoms with Crippen LogP contribution in [0.25, 0.3) is 0 Å². The zero-order chi connectivity index (χ0) is 16.6. The Bertz CT molecular complexity index is 755. The highest BCUT2D eigenvalue weighted by atomic mass is 35.5. The van der Waals surface area contributed by atoms with E-state index in [4.69, 9.17) is 16.3 Å². The van der Waals surface area contributed by atoms with Crippen molar-refractivity contribution in [3.05, 3.63) is 64.2 Å². The van der Waals surface area contributed by atoms with E-state index in [2.05, 4.69) is 11.4 Å². The number of carbonyl (C=O) groups excluding carboxylic acids is 1. The first kappa shape index (κ1) is 15.9. The molecule has 1 N–H and O–H groups in total. The summed E-state index contributed by atoms with van der Waals surface area (Å²) >= 11 is 6.13. The molecule has 0 aromatic heterocycles. The van der Waals surface area contributed by atoms with Gasteiger partial charge < -0.3 is 10.1 Å². The standard InChI is InChI=1S/C19H20ClNO2/c1-12-8-9-17-14(10-12)16(11-19(2,3)23-17)21-18(22)13-6-4-5-7-15(13)20/h4-10,16H,11H2,1-3H3,(H,21,22)/t16-/m1/s1. The Morgan fingerprint density at radius 2 is 2.00 bits per heavy atom. The number of nitrogens with one attached hydrogen (secondary N) is 1. The molecule has 0 fully saturated rings. The predicted molar refractivity (Wildman–Crippen MR) is 92.2 cm³/mol. The Hall–Kier alpha value is -2.00. The number of fused-ring (bicyclic) bond motifs is 1. The lowest BCUT2D eigenvalue weighted by Crippen LogP contribution is -2.41. The molecule has 0 spiro atoms. The molecule has 4 heteroatoms. The zero-order valence-corrected chi connectivity index (χ0v) is 14.3. The van der Waals surface area contributed by atoms with Crippen LogP contribution in [0.4, 0.5) is 0 Å². The number of hydrogen-bond donors (Lipinski definition) is 1. The quantitative estimate of drug-likeness (QED) is 0.868. The van der Waals surface area contributed by atoms with Gasteiger partial charge in [0.2, 0.25) is 0 Å². The Morgan fingerprint density at radius 1 is 1.26 bits per heavy atom. The minimum atomic E-state index is -0.333. The normalized spacial score (nSPS) is 18.7. The van der Waals surface area contributed by atoms with Crippen molar-refractivity contribution in [3.63, 3.8) is 0 Å². The van der Waals surface area contributed by atoms with Crippen LogP contribution in [0.15, 0.2) is 42.5 Å². The van der Waals surface area contributed by atoms with Crippen molar-refractivity contribution in [1.82, 2.24) is 5.32 Å². The van der Waals surface area contributed by atoms with Gasteiger partial charge in [-0.25, -0.2) is 0 Å². The second-order valence-electron chi connectivity index (χ2n) is 6.61. The van der Waals surface area contributed by atoms with E-state index in [0.717, 1.165) is 16.9 Å². The maximum atomic E-state index is 12.6. The van der Waals surface area contributed by atoms with Gasteiger partial charge in [-0.2, -0.15) is 0 Å².